The van der Waals surface area contributed by atoms with Gasteiger partial charge in [-0.3, -0.25) is 39.2 Å². The maximum Gasteiger partial charge on any atom is 0.332 e. The zero-order chi connectivity index (χ0) is 26.6. The average molecular weight is 524 g/mol. The van der Waals surface area contributed by atoms with Gasteiger partial charge >= 0.3 is 6.03 Å². The van der Waals surface area contributed by atoms with Crippen molar-refractivity contribution in [3.8, 4) is 0 Å². The number of thiocarbonyl (C=S) groups is 1. The summed E-state index contributed by atoms with van der Waals surface area (Å²) in [7, 11) is 2.82. The lowest BCUT2D eigenvalue weighted by atomic mass is 9.68. The number of nitrogens with one attached hydrogen (secondary N) is 1. The van der Waals surface area contributed by atoms with Gasteiger partial charge in [0, 0.05) is 32.9 Å². The van der Waals surface area contributed by atoms with Gasteiger partial charge in [0.1, 0.15) is 5.57 Å². The van der Waals surface area contributed by atoms with E-state index in [4.69, 9.17) is 12.2 Å². The molecule has 11 heteroatoms. The maximum absolute atomic E-state index is 13.6. The molecular weight excluding hydrogens is 494 g/mol. The largest absolute Gasteiger partial charge is 0.367 e. The Hall–Kier alpha value is -3.60. The van der Waals surface area contributed by atoms with E-state index in [2.05, 4.69) is 10.2 Å². The minimum absolute atomic E-state index is 0.0240. The van der Waals surface area contributed by atoms with Gasteiger partial charge in [-0.2, -0.15) is 0 Å². The molecule has 5 rings (SSSR count). The van der Waals surface area contributed by atoms with E-state index >= 15 is 0 Å². The van der Waals surface area contributed by atoms with E-state index < -0.39 is 35.1 Å². The summed E-state index contributed by atoms with van der Waals surface area (Å²) in [6.45, 7) is 3.11. The van der Waals surface area contributed by atoms with E-state index in [9.17, 15) is 24.0 Å². The van der Waals surface area contributed by atoms with Gasteiger partial charge in [-0.05, 0) is 67.2 Å². The quantitative estimate of drug-likeness (QED) is 0.277. The number of hydrogen-bond acceptors (Lipinski definition) is 7. The molecule has 1 aromatic rings. The smallest absolute Gasteiger partial charge is 0.332 e. The van der Waals surface area contributed by atoms with Crippen molar-refractivity contribution in [3.63, 3.8) is 0 Å². The first-order valence-electron chi connectivity index (χ1n) is 12.5. The fourth-order valence-corrected chi connectivity index (χ4v) is 6.27. The molecule has 0 bridgehead atoms. The predicted molar refractivity (Wildman–Crippen MR) is 139 cm³/mol. The second kappa shape index (κ2) is 9.05. The molecule has 1 aromatic carbocycles. The Bertz CT molecular complexity index is 1270. The number of anilines is 1. The second-order valence-corrected chi connectivity index (χ2v) is 10.4. The van der Waals surface area contributed by atoms with Crippen LogP contribution in [0.3, 0.4) is 0 Å². The van der Waals surface area contributed by atoms with Crippen LogP contribution >= 0.6 is 12.2 Å². The molecule has 0 aliphatic carbocycles. The highest BCUT2D eigenvalue weighted by molar-refractivity contribution is 7.80. The van der Waals surface area contributed by atoms with Crippen molar-refractivity contribution in [2.75, 3.05) is 32.1 Å². The third-order valence-electron chi connectivity index (χ3n) is 7.88. The first-order valence-corrected chi connectivity index (χ1v) is 12.9. The van der Waals surface area contributed by atoms with Gasteiger partial charge in [-0.1, -0.05) is 19.4 Å². The van der Waals surface area contributed by atoms with E-state index in [1.165, 1.54) is 25.1 Å². The normalized spacial score (nSPS) is 24.3. The molecule has 1 N–H and O–H groups in total. The number of urea groups is 1. The van der Waals surface area contributed by atoms with Crippen molar-refractivity contribution in [1.82, 2.24) is 20.0 Å². The lowest BCUT2D eigenvalue weighted by molar-refractivity contribution is -0.159. The molecule has 3 saturated heterocycles. The number of nitrogens with zero attached hydrogens (tertiary/aromatic N) is 4. The lowest BCUT2D eigenvalue weighted by Crippen LogP contribution is -2.70. The van der Waals surface area contributed by atoms with Gasteiger partial charge in [0.05, 0.1) is 6.04 Å². The second-order valence-electron chi connectivity index (χ2n) is 10.0. The average Bonchev–Trinajstić information content (AvgIpc) is 3.38. The van der Waals surface area contributed by atoms with E-state index in [1.807, 2.05) is 25.1 Å². The molecule has 4 heterocycles. The zero-order valence-corrected chi connectivity index (χ0v) is 21.9. The fraction of sp³-hybridized carbons (Fsp3) is 0.462. The molecule has 1 spiro atoms. The number of benzene rings is 1. The van der Waals surface area contributed by atoms with Crippen LogP contribution < -0.4 is 10.2 Å². The molecular formula is C26H29N5O5S. The molecule has 10 nitrogen and oxygen atoms in total. The third kappa shape index (κ3) is 3.66. The summed E-state index contributed by atoms with van der Waals surface area (Å²) >= 11 is 5.20. The van der Waals surface area contributed by atoms with E-state index in [1.54, 1.807) is 0 Å². The summed E-state index contributed by atoms with van der Waals surface area (Å²) in [5.41, 5.74) is 0.843. The van der Waals surface area contributed by atoms with Crippen LogP contribution in [-0.4, -0.2) is 82.7 Å². The number of fused-ring (bicyclic) bond motifs is 4. The molecule has 1 atom stereocenters. The molecule has 4 aliphatic rings. The number of unbranched alkanes of at least 4 members (excludes halogenated alkanes) is 1. The SMILES string of the molecule is CCCCN1C(=O)C(=Cc2ccc3c(c2)CC2(C(=O)N(C)C(=O)N(C)C2=O)C2CCCN32)C(=O)NC1=S. The van der Waals surface area contributed by atoms with Crippen molar-refractivity contribution < 1.29 is 24.0 Å². The van der Waals surface area contributed by atoms with Crippen LogP contribution in [0.2, 0.25) is 0 Å². The van der Waals surface area contributed by atoms with Crippen molar-refractivity contribution in [2.45, 2.75) is 45.1 Å². The zero-order valence-electron chi connectivity index (χ0n) is 21.1. The number of carbonyl (C=O) groups excluding carboxylic acids is 5. The van der Waals surface area contributed by atoms with Crippen LogP contribution in [0, 0.1) is 5.41 Å². The highest BCUT2D eigenvalue weighted by Gasteiger charge is 2.63. The molecule has 0 radical (unpaired) electrons. The topological polar surface area (TPSA) is 110 Å². The van der Waals surface area contributed by atoms with Crippen LogP contribution in [0.1, 0.15) is 43.7 Å². The van der Waals surface area contributed by atoms with Crippen molar-refractivity contribution in [2.24, 2.45) is 5.41 Å². The lowest BCUT2D eigenvalue weighted by Gasteiger charge is -2.50. The Balaban J connectivity index is 1.55. The van der Waals surface area contributed by atoms with Crippen LogP contribution in [0.15, 0.2) is 23.8 Å². The van der Waals surface area contributed by atoms with Crippen molar-refractivity contribution >= 4 is 58.8 Å². The van der Waals surface area contributed by atoms with Gasteiger partial charge in [0.2, 0.25) is 11.8 Å². The van der Waals surface area contributed by atoms with Gasteiger partial charge in [0.25, 0.3) is 11.8 Å². The van der Waals surface area contributed by atoms with Gasteiger partial charge < -0.3 is 4.90 Å². The monoisotopic (exact) mass is 523 g/mol. The Morgan fingerprint density at radius 3 is 2.49 bits per heavy atom. The third-order valence-corrected chi connectivity index (χ3v) is 8.20. The van der Waals surface area contributed by atoms with Crippen LogP contribution in [-0.2, 0) is 25.6 Å². The Kier molecular flexibility index (Phi) is 6.13. The number of imide groups is 2. The summed E-state index contributed by atoms with van der Waals surface area (Å²) in [6.07, 6.45) is 4.76. The van der Waals surface area contributed by atoms with Crippen LogP contribution in [0.4, 0.5) is 10.5 Å². The van der Waals surface area contributed by atoms with Crippen molar-refractivity contribution in [3.05, 3.63) is 34.9 Å². The molecule has 1 unspecified atom stereocenters. The predicted octanol–water partition coefficient (Wildman–Crippen LogP) is 1.68. The van der Waals surface area contributed by atoms with Gasteiger partial charge in [0.15, 0.2) is 10.5 Å². The molecule has 0 saturated carbocycles. The van der Waals surface area contributed by atoms with E-state index in [0.717, 1.165) is 40.3 Å². The Labute approximate surface area is 220 Å². The summed E-state index contributed by atoms with van der Waals surface area (Å²) in [5.74, 6) is -1.99. The number of carbonyl (C=O) groups is 5. The highest BCUT2D eigenvalue weighted by atomic mass is 32.1. The van der Waals surface area contributed by atoms with Gasteiger partial charge in [-0.15, -0.1) is 0 Å². The molecule has 0 aromatic heterocycles. The van der Waals surface area contributed by atoms with Crippen molar-refractivity contribution in [1.29, 1.82) is 0 Å². The molecule has 3 fully saturated rings. The minimum atomic E-state index is -1.41. The summed E-state index contributed by atoms with van der Waals surface area (Å²) in [5, 5.41) is 2.69. The highest BCUT2D eigenvalue weighted by Crippen LogP contribution is 2.49. The number of rotatable bonds is 4. The van der Waals surface area contributed by atoms with Gasteiger partial charge in [-0.25, -0.2) is 4.79 Å². The van der Waals surface area contributed by atoms with Crippen LogP contribution in [0.5, 0.6) is 0 Å². The number of barbiturate groups is 1. The molecule has 37 heavy (non-hydrogen) atoms. The number of hydrogen-bond donors (Lipinski definition) is 1. The fourth-order valence-electron chi connectivity index (χ4n) is 6.01. The molecule has 194 valence electrons. The molecule has 4 aliphatic heterocycles. The Morgan fingerprint density at radius 2 is 1.81 bits per heavy atom. The maximum atomic E-state index is 13.6. The van der Waals surface area contributed by atoms with Crippen LogP contribution in [0.25, 0.3) is 6.08 Å². The standard InChI is InChI=1S/C26H29N5O5S/c1-4-5-10-31-21(33)17(20(32)27-24(31)37)13-15-8-9-18-16(12-15)14-26(19-7-6-11-30(18)19)22(34)28(2)25(36)29(3)23(26)35/h8-9,12-13,19H,4-7,10-11,14H2,1-3H3,(H,27,32,37). The first-order chi connectivity index (χ1) is 17.6. The summed E-state index contributed by atoms with van der Waals surface area (Å²) in [4.78, 5) is 70.9. The number of amides is 6. The van der Waals surface area contributed by atoms with E-state index in [-0.39, 0.29) is 23.1 Å². The summed E-state index contributed by atoms with van der Waals surface area (Å²) in [6, 6.07) is 4.57. The first kappa shape index (κ1) is 25.1. The van der Waals surface area contributed by atoms with E-state index in [0.29, 0.717) is 25.1 Å². The minimum Gasteiger partial charge on any atom is -0.367 e. The summed E-state index contributed by atoms with van der Waals surface area (Å²) < 4.78 is 0. The molecule has 6 amide bonds. The Morgan fingerprint density at radius 1 is 1.11 bits per heavy atom.